The molecular weight excluding hydrogens is 772 g/mol. The number of anilines is 5. The van der Waals surface area contributed by atoms with E-state index >= 15 is 0 Å². The van der Waals surface area contributed by atoms with E-state index in [1.54, 1.807) is 48.5 Å². The molecule has 0 aliphatic heterocycles. The van der Waals surface area contributed by atoms with Crippen LogP contribution in [0.3, 0.4) is 0 Å². The molecule has 0 aliphatic carbocycles. The average Bonchev–Trinajstić information content (AvgIpc) is 2.87. The molecule has 13 heteroatoms. The fraction of sp³-hybridized carbons (Fsp3) is 0.0833. The first kappa shape index (κ1) is 31.5. The number of hydrogen-bond donors (Lipinski definition) is 4. The van der Waals surface area contributed by atoms with Crippen molar-refractivity contribution in [3.8, 4) is 12.1 Å². The molecule has 2 heterocycles. The Morgan fingerprint density at radius 1 is 0.757 bits per heavy atom. The number of nitriles is 2. The monoisotopic (exact) mass is 791 g/mol. The number of benzene rings is 2. The van der Waals surface area contributed by atoms with E-state index in [9.17, 15) is 0 Å². The summed E-state index contributed by atoms with van der Waals surface area (Å²) in [7, 11) is 0. The fourth-order valence-corrected chi connectivity index (χ4v) is 2.74. The van der Waals surface area contributed by atoms with Gasteiger partial charge in [-0.15, -0.1) is 0 Å². The van der Waals surface area contributed by atoms with Gasteiger partial charge in [0.15, 0.2) is 0 Å². The second kappa shape index (κ2) is 15.5. The Hall–Kier alpha value is -3.57. The maximum atomic E-state index is 8.70. The molecule has 4 aromatic rings. The Labute approximate surface area is 245 Å². The molecule has 0 bridgehead atoms. The molecule has 0 radical (unpaired) electrons. The van der Waals surface area contributed by atoms with Crippen LogP contribution in [0.4, 0.5) is 29.0 Å². The van der Waals surface area contributed by atoms with Crippen molar-refractivity contribution >= 4 is 60.8 Å². The Morgan fingerprint density at radius 2 is 1.27 bits per heavy atom. The molecular formula is C24H21Br2N10W-. The van der Waals surface area contributed by atoms with Crippen LogP contribution < -0.4 is 22.5 Å². The molecule has 2 aromatic carbocycles. The summed E-state index contributed by atoms with van der Waals surface area (Å²) >= 11 is 6.51. The topological polar surface area (TPSA) is 189 Å². The van der Waals surface area contributed by atoms with Gasteiger partial charge in [-0.25, -0.2) is 4.98 Å². The van der Waals surface area contributed by atoms with Crippen molar-refractivity contribution in [2.24, 2.45) is 0 Å². The molecule has 188 valence electrons. The standard InChI is InChI=1S/C12H10BrN5.C7H6N2.C5H5BrN3.W/c1-7-10(13)11(15)18-12(16-7)17-9-4-2-8(6-14)3-5-9;8-5-6-1-3-7(9)4-2-6;1-3-4(6)5(7)9-2-8-3;/h2-5H,1H3,(H3,15,16,17,18);1-4H,9H2;1H3,(H2,7,8,9);/q;;-1;. The Balaban J connectivity index is 0.000000304. The Morgan fingerprint density at radius 3 is 1.73 bits per heavy atom. The van der Waals surface area contributed by atoms with Gasteiger partial charge >= 0.3 is 0 Å². The molecule has 0 aliphatic rings. The van der Waals surface area contributed by atoms with Gasteiger partial charge in [0.1, 0.15) is 5.82 Å². The third-order valence-corrected chi connectivity index (χ3v) is 6.24. The number of aryl methyl sites for hydroxylation is 2. The van der Waals surface area contributed by atoms with Crippen molar-refractivity contribution in [1.82, 2.24) is 19.9 Å². The number of hydrogen-bond acceptors (Lipinski definition) is 10. The van der Waals surface area contributed by atoms with E-state index in [0.29, 0.717) is 38.9 Å². The first-order valence-corrected chi connectivity index (χ1v) is 11.7. The number of nitrogens with one attached hydrogen (secondary N) is 1. The van der Waals surface area contributed by atoms with E-state index in [0.717, 1.165) is 21.5 Å². The molecule has 0 fully saturated rings. The number of nitrogens with zero attached hydrogens (tertiary/aromatic N) is 6. The van der Waals surface area contributed by atoms with E-state index in [-0.39, 0.29) is 21.1 Å². The summed E-state index contributed by atoms with van der Waals surface area (Å²) in [6.07, 6.45) is 2.41. The predicted octanol–water partition coefficient (Wildman–Crippen LogP) is 4.81. The average molecular weight is 793 g/mol. The quantitative estimate of drug-likeness (QED) is 0.162. The summed E-state index contributed by atoms with van der Waals surface area (Å²) in [6.45, 7) is 3.67. The van der Waals surface area contributed by atoms with E-state index in [1.807, 2.05) is 19.9 Å². The minimum absolute atomic E-state index is 0. The molecule has 0 spiro atoms. The number of nitrogen functional groups attached to an aromatic ring is 3. The van der Waals surface area contributed by atoms with Crippen LogP contribution >= 0.6 is 31.9 Å². The molecule has 37 heavy (non-hydrogen) atoms. The van der Waals surface area contributed by atoms with Gasteiger partial charge < -0.3 is 32.5 Å². The van der Waals surface area contributed by atoms with E-state index < -0.39 is 0 Å². The zero-order chi connectivity index (χ0) is 26.7. The van der Waals surface area contributed by atoms with Gasteiger partial charge in [0, 0.05) is 44.6 Å². The smallest absolute Gasteiger partial charge is 0.229 e. The van der Waals surface area contributed by atoms with Crippen molar-refractivity contribution in [1.29, 1.82) is 10.5 Å². The van der Waals surface area contributed by atoms with Crippen LogP contribution in [-0.2, 0) is 21.1 Å². The van der Waals surface area contributed by atoms with Crippen LogP contribution in [0.5, 0.6) is 0 Å². The van der Waals surface area contributed by atoms with Gasteiger partial charge in [0.2, 0.25) is 5.95 Å². The van der Waals surface area contributed by atoms with Crippen LogP contribution in [0.25, 0.3) is 0 Å². The molecule has 0 saturated heterocycles. The molecule has 2 aromatic heterocycles. The summed E-state index contributed by atoms with van der Waals surface area (Å²) in [5, 5.41) is 20.1. The van der Waals surface area contributed by atoms with Crippen molar-refractivity contribution in [3.63, 3.8) is 0 Å². The second-order valence-electron chi connectivity index (χ2n) is 6.99. The Kier molecular flexibility index (Phi) is 13.2. The van der Waals surface area contributed by atoms with Crippen LogP contribution in [0.1, 0.15) is 22.5 Å². The normalized spacial score (nSPS) is 9.14. The van der Waals surface area contributed by atoms with Crippen LogP contribution in [-0.4, -0.2) is 19.9 Å². The Bertz CT molecular complexity index is 1360. The zero-order valence-electron chi connectivity index (χ0n) is 19.7. The molecule has 0 atom stereocenters. The summed E-state index contributed by atoms with van der Waals surface area (Å²) in [4.78, 5) is 15.8. The van der Waals surface area contributed by atoms with Crippen molar-refractivity contribution in [2.75, 3.05) is 22.5 Å². The van der Waals surface area contributed by atoms with E-state index in [2.05, 4.69) is 69.5 Å². The minimum Gasteiger partial charge on any atom is -0.434 e. The van der Waals surface area contributed by atoms with Crippen LogP contribution in [0.15, 0.2) is 57.5 Å². The molecule has 7 N–H and O–H groups in total. The summed E-state index contributed by atoms with van der Waals surface area (Å²) in [5.41, 5.74) is 20.8. The minimum atomic E-state index is 0. The van der Waals surface area contributed by atoms with Gasteiger partial charge in [-0.05, 0) is 75.9 Å². The first-order chi connectivity index (χ1) is 17.1. The van der Waals surface area contributed by atoms with E-state index in [1.165, 1.54) is 0 Å². The van der Waals surface area contributed by atoms with Gasteiger partial charge in [0.25, 0.3) is 0 Å². The molecule has 10 nitrogen and oxygen atoms in total. The number of aromatic nitrogens is 4. The summed E-state index contributed by atoms with van der Waals surface area (Å²) in [5.74, 6) is 1.25. The largest absolute Gasteiger partial charge is 0.434 e. The van der Waals surface area contributed by atoms with Crippen molar-refractivity contribution in [2.45, 2.75) is 13.8 Å². The number of rotatable bonds is 2. The van der Waals surface area contributed by atoms with Crippen LogP contribution in [0, 0.1) is 42.8 Å². The predicted molar refractivity (Wildman–Crippen MR) is 147 cm³/mol. The molecule has 0 unspecified atom stereocenters. The molecule has 4 rings (SSSR count). The van der Waals surface area contributed by atoms with Crippen LogP contribution in [0.2, 0.25) is 0 Å². The SMILES string of the molecule is Cc1n[c-]nc(N)c1Br.Cc1nc(Nc2ccc(C#N)cc2)nc(N)c1Br.N#Cc1ccc(N)cc1.[W]. The maximum absolute atomic E-state index is 8.70. The summed E-state index contributed by atoms with van der Waals surface area (Å²) < 4.78 is 1.45. The molecule has 0 saturated carbocycles. The third-order valence-electron chi connectivity index (χ3n) is 4.28. The summed E-state index contributed by atoms with van der Waals surface area (Å²) in [6, 6.07) is 17.9. The number of halogens is 2. The zero-order valence-corrected chi connectivity index (χ0v) is 25.8. The third kappa shape index (κ3) is 10.1. The van der Waals surface area contributed by atoms with Crippen molar-refractivity contribution < 1.29 is 21.1 Å². The number of nitrogens with two attached hydrogens (primary N) is 3. The van der Waals surface area contributed by atoms with Gasteiger partial charge in [0.05, 0.1) is 33.4 Å². The molecule has 0 amide bonds. The first-order valence-electron chi connectivity index (χ1n) is 10.1. The fourth-order valence-electron chi connectivity index (χ4n) is 2.39. The van der Waals surface area contributed by atoms with Gasteiger partial charge in [-0.3, -0.25) is 0 Å². The second-order valence-corrected chi connectivity index (χ2v) is 8.57. The van der Waals surface area contributed by atoms with E-state index in [4.69, 9.17) is 27.7 Å². The van der Waals surface area contributed by atoms with Crippen molar-refractivity contribution in [3.05, 3.63) is 86.3 Å². The maximum Gasteiger partial charge on any atom is 0.229 e. The van der Waals surface area contributed by atoms with Gasteiger partial charge in [-0.1, -0.05) is 28.5 Å². The van der Waals surface area contributed by atoms with Gasteiger partial charge in [-0.2, -0.15) is 15.5 Å².